The van der Waals surface area contributed by atoms with Crippen molar-refractivity contribution in [1.29, 1.82) is 0 Å². The summed E-state index contributed by atoms with van der Waals surface area (Å²) in [7, 11) is 0. The van der Waals surface area contributed by atoms with Crippen molar-refractivity contribution in [2.24, 2.45) is 0 Å². The van der Waals surface area contributed by atoms with Crippen LogP contribution in [0.1, 0.15) is 19.4 Å². The van der Waals surface area contributed by atoms with E-state index in [2.05, 4.69) is 35.8 Å². The van der Waals surface area contributed by atoms with Gasteiger partial charge < -0.3 is 19.3 Å². The Balaban J connectivity index is 1.88. The topological polar surface area (TPSA) is 24.9 Å². The molecule has 2 aliphatic rings. The lowest BCUT2D eigenvalue weighted by Gasteiger charge is -2.37. The first-order valence-electron chi connectivity index (χ1n) is 7.71. The second-order valence-electron chi connectivity index (χ2n) is 5.41. The molecule has 0 spiro atoms. The highest BCUT2D eigenvalue weighted by Gasteiger charge is 2.24. The first kappa shape index (κ1) is 13.6. The second kappa shape index (κ2) is 5.92. The van der Waals surface area contributed by atoms with Crippen molar-refractivity contribution >= 4 is 5.69 Å². The summed E-state index contributed by atoms with van der Waals surface area (Å²) in [5, 5.41) is 0. The van der Waals surface area contributed by atoms with Crippen molar-refractivity contribution in [1.82, 2.24) is 4.90 Å². The second-order valence-corrected chi connectivity index (χ2v) is 5.41. The van der Waals surface area contributed by atoms with Crippen LogP contribution < -0.4 is 14.4 Å². The van der Waals surface area contributed by atoms with E-state index < -0.39 is 0 Å². The lowest BCUT2D eigenvalue weighted by molar-refractivity contribution is 0.171. The van der Waals surface area contributed by atoms with Crippen LogP contribution in [-0.4, -0.2) is 50.8 Å². The Kier molecular flexibility index (Phi) is 4.01. The number of aryl methyl sites for hydroxylation is 1. The number of hydrogen-bond acceptors (Lipinski definition) is 4. The molecule has 3 rings (SSSR count). The van der Waals surface area contributed by atoms with Gasteiger partial charge in [0.05, 0.1) is 5.69 Å². The summed E-state index contributed by atoms with van der Waals surface area (Å²) in [5.74, 6) is 1.86. The molecule has 2 heterocycles. The Morgan fingerprint density at radius 2 is 1.75 bits per heavy atom. The fourth-order valence-corrected chi connectivity index (χ4v) is 2.93. The zero-order valence-electron chi connectivity index (χ0n) is 12.5. The first-order chi connectivity index (χ1) is 9.81. The van der Waals surface area contributed by atoms with Crippen LogP contribution in [-0.2, 0) is 6.42 Å². The first-order valence-corrected chi connectivity index (χ1v) is 7.71. The smallest absolute Gasteiger partial charge is 0.184 e. The molecule has 0 saturated carbocycles. The van der Waals surface area contributed by atoms with E-state index >= 15 is 0 Å². The average Bonchev–Trinajstić information content (AvgIpc) is 2.54. The van der Waals surface area contributed by atoms with Crippen LogP contribution in [0, 0.1) is 0 Å². The minimum atomic E-state index is 0.653. The van der Waals surface area contributed by atoms with E-state index in [0.717, 1.165) is 50.6 Å². The van der Waals surface area contributed by atoms with Crippen molar-refractivity contribution in [2.45, 2.75) is 20.3 Å². The molecule has 0 amide bonds. The van der Waals surface area contributed by atoms with Crippen LogP contribution >= 0.6 is 0 Å². The summed E-state index contributed by atoms with van der Waals surface area (Å²) < 4.78 is 11.7. The molecule has 20 heavy (non-hydrogen) atoms. The largest absolute Gasteiger partial charge is 0.486 e. The van der Waals surface area contributed by atoms with Gasteiger partial charge in [0.25, 0.3) is 0 Å². The van der Waals surface area contributed by atoms with Crippen molar-refractivity contribution in [2.75, 3.05) is 50.8 Å². The van der Waals surface area contributed by atoms with Gasteiger partial charge in [-0.2, -0.15) is 0 Å². The van der Waals surface area contributed by atoms with Gasteiger partial charge in [-0.1, -0.05) is 13.8 Å². The highest BCUT2D eigenvalue weighted by atomic mass is 16.6. The zero-order chi connectivity index (χ0) is 13.9. The Morgan fingerprint density at radius 1 is 1.00 bits per heavy atom. The molecular weight excluding hydrogens is 252 g/mol. The average molecular weight is 276 g/mol. The van der Waals surface area contributed by atoms with Gasteiger partial charge in [-0.15, -0.1) is 0 Å². The van der Waals surface area contributed by atoms with E-state index in [1.165, 1.54) is 11.3 Å². The molecule has 2 aliphatic heterocycles. The van der Waals surface area contributed by atoms with Gasteiger partial charge in [0.15, 0.2) is 11.5 Å². The Bertz CT molecular complexity index is 468. The Hall–Kier alpha value is -1.42. The summed E-state index contributed by atoms with van der Waals surface area (Å²) >= 11 is 0. The number of fused-ring (bicyclic) bond motifs is 1. The lowest BCUT2D eigenvalue weighted by Crippen LogP contribution is -2.46. The molecule has 1 aromatic carbocycles. The molecule has 0 unspecified atom stereocenters. The standard InChI is InChI=1S/C16H24N2O2/c1-3-13-11-14(16-15(12-13)19-9-10-20-16)18-7-5-17(4-2)6-8-18/h11-12H,3-10H2,1-2H3. The molecule has 1 aromatic rings. The summed E-state index contributed by atoms with van der Waals surface area (Å²) in [5.41, 5.74) is 2.54. The van der Waals surface area contributed by atoms with Gasteiger partial charge in [0.2, 0.25) is 0 Å². The SMILES string of the molecule is CCc1cc2c(c(N3CCN(CC)CC3)c1)OCCO2. The maximum atomic E-state index is 5.88. The molecule has 4 nitrogen and oxygen atoms in total. The van der Waals surface area contributed by atoms with Crippen molar-refractivity contribution in [3.05, 3.63) is 17.7 Å². The molecule has 0 radical (unpaired) electrons. The van der Waals surface area contributed by atoms with Gasteiger partial charge in [-0.05, 0) is 30.7 Å². The number of nitrogens with zero attached hydrogens (tertiary/aromatic N) is 2. The molecule has 0 aliphatic carbocycles. The van der Waals surface area contributed by atoms with Crippen molar-refractivity contribution in [3.8, 4) is 11.5 Å². The molecule has 110 valence electrons. The molecule has 0 N–H and O–H groups in total. The van der Waals surface area contributed by atoms with E-state index in [0.29, 0.717) is 13.2 Å². The minimum absolute atomic E-state index is 0.653. The van der Waals surface area contributed by atoms with E-state index in [1.54, 1.807) is 0 Å². The van der Waals surface area contributed by atoms with Crippen LogP contribution in [0.3, 0.4) is 0 Å². The van der Waals surface area contributed by atoms with E-state index in [1.807, 2.05) is 0 Å². The number of rotatable bonds is 3. The van der Waals surface area contributed by atoms with E-state index in [9.17, 15) is 0 Å². The van der Waals surface area contributed by atoms with Gasteiger partial charge in [0.1, 0.15) is 13.2 Å². The van der Waals surface area contributed by atoms with Gasteiger partial charge in [-0.3, -0.25) is 0 Å². The summed E-state index contributed by atoms with van der Waals surface area (Å²) in [6.45, 7) is 11.2. The number of benzene rings is 1. The highest BCUT2D eigenvalue weighted by Crippen LogP contribution is 2.41. The fourth-order valence-electron chi connectivity index (χ4n) is 2.93. The maximum absolute atomic E-state index is 5.88. The van der Waals surface area contributed by atoms with Gasteiger partial charge in [-0.25, -0.2) is 0 Å². The van der Waals surface area contributed by atoms with Gasteiger partial charge in [0, 0.05) is 26.2 Å². The molecule has 0 bridgehead atoms. The number of likely N-dealkylation sites (N-methyl/N-ethyl adjacent to an activating group) is 1. The van der Waals surface area contributed by atoms with Crippen LogP contribution in [0.5, 0.6) is 11.5 Å². The van der Waals surface area contributed by atoms with Crippen LogP contribution in [0.15, 0.2) is 12.1 Å². The predicted octanol–water partition coefficient (Wildman–Crippen LogP) is 2.16. The van der Waals surface area contributed by atoms with Crippen LogP contribution in [0.2, 0.25) is 0 Å². The Labute approximate surface area is 121 Å². The van der Waals surface area contributed by atoms with Crippen molar-refractivity contribution < 1.29 is 9.47 Å². The summed E-state index contributed by atoms with van der Waals surface area (Å²) in [6.07, 6.45) is 1.03. The summed E-state index contributed by atoms with van der Waals surface area (Å²) in [4.78, 5) is 4.93. The molecular formula is C16H24N2O2. The van der Waals surface area contributed by atoms with E-state index in [4.69, 9.17) is 9.47 Å². The molecule has 0 aromatic heterocycles. The molecule has 4 heteroatoms. The fraction of sp³-hybridized carbons (Fsp3) is 0.625. The number of ether oxygens (including phenoxy) is 2. The highest BCUT2D eigenvalue weighted by molar-refractivity contribution is 5.67. The predicted molar refractivity (Wildman–Crippen MR) is 81.1 cm³/mol. The molecule has 1 fully saturated rings. The lowest BCUT2D eigenvalue weighted by atomic mass is 10.1. The van der Waals surface area contributed by atoms with Gasteiger partial charge >= 0.3 is 0 Å². The summed E-state index contributed by atoms with van der Waals surface area (Å²) in [6, 6.07) is 4.40. The number of hydrogen-bond donors (Lipinski definition) is 0. The Morgan fingerprint density at radius 3 is 2.45 bits per heavy atom. The zero-order valence-corrected chi connectivity index (χ0v) is 12.5. The quantitative estimate of drug-likeness (QED) is 0.844. The maximum Gasteiger partial charge on any atom is 0.184 e. The van der Waals surface area contributed by atoms with Crippen LogP contribution in [0.25, 0.3) is 0 Å². The molecule has 1 saturated heterocycles. The number of anilines is 1. The van der Waals surface area contributed by atoms with Crippen LogP contribution in [0.4, 0.5) is 5.69 Å². The van der Waals surface area contributed by atoms with E-state index in [-0.39, 0.29) is 0 Å². The number of piperazine rings is 1. The third-order valence-electron chi connectivity index (χ3n) is 4.25. The normalized spacial score (nSPS) is 19.2. The molecule has 0 atom stereocenters. The third kappa shape index (κ3) is 2.57. The third-order valence-corrected chi connectivity index (χ3v) is 4.25. The monoisotopic (exact) mass is 276 g/mol. The minimum Gasteiger partial charge on any atom is -0.486 e. The van der Waals surface area contributed by atoms with Crippen molar-refractivity contribution in [3.63, 3.8) is 0 Å².